The van der Waals surface area contributed by atoms with Gasteiger partial charge in [-0.15, -0.1) is 0 Å². The molecule has 24 heavy (non-hydrogen) atoms. The lowest BCUT2D eigenvalue weighted by molar-refractivity contribution is 0.0283. The molecule has 1 fully saturated rings. The molecule has 1 unspecified atom stereocenters. The molecule has 0 aliphatic carbocycles. The molecule has 0 aromatic heterocycles. The molecule has 5 heteroatoms. The standard InChI is InChI=1S/C19H31N3O2/c1-5-20-18(22-14-19(3)10-6-12-24-19)21-11-9-16-8-7-15(2)17(13-16)23-4/h7-8,13H,5-6,9-12,14H2,1-4H3,(H2,20,21,22). The first-order valence-electron chi connectivity index (χ1n) is 8.86. The summed E-state index contributed by atoms with van der Waals surface area (Å²) in [5, 5.41) is 6.71. The second kappa shape index (κ2) is 8.92. The van der Waals surface area contributed by atoms with Crippen LogP contribution in [0, 0.1) is 6.92 Å². The van der Waals surface area contributed by atoms with Gasteiger partial charge < -0.3 is 20.1 Å². The number of rotatable bonds is 7. The summed E-state index contributed by atoms with van der Waals surface area (Å²) in [6.45, 7) is 9.51. The molecule has 2 rings (SSSR count). The Morgan fingerprint density at radius 3 is 2.88 bits per heavy atom. The van der Waals surface area contributed by atoms with Crippen molar-refractivity contribution in [2.45, 2.75) is 45.6 Å². The van der Waals surface area contributed by atoms with Crippen LogP contribution in [-0.4, -0.2) is 44.9 Å². The number of aryl methyl sites for hydroxylation is 1. The number of aliphatic imine (C=N–C) groups is 1. The van der Waals surface area contributed by atoms with Crippen LogP contribution < -0.4 is 15.4 Å². The summed E-state index contributed by atoms with van der Waals surface area (Å²) in [7, 11) is 1.71. The van der Waals surface area contributed by atoms with Crippen molar-refractivity contribution in [2.24, 2.45) is 4.99 Å². The minimum absolute atomic E-state index is 0.104. The van der Waals surface area contributed by atoms with E-state index in [9.17, 15) is 0 Å². The molecule has 1 saturated heterocycles. The lowest BCUT2D eigenvalue weighted by atomic mass is 10.0. The van der Waals surface area contributed by atoms with Gasteiger partial charge in [-0.2, -0.15) is 0 Å². The van der Waals surface area contributed by atoms with E-state index in [0.29, 0.717) is 6.54 Å². The zero-order valence-electron chi connectivity index (χ0n) is 15.4. The topological polar surface area (TPSA) is 54.9 Å². The van der Waals surface area contributed by atoms with E-state index in [1.54, 1.807) is 7.11 Å². The summed E-state index contributed by atoms with van der Waals surface area (Å²) < 4.78 is 11.2. The quantitative estimate of drug-likeness (QED) is 0.595. The Hall–Kier alpha value is -1.75. The molecule has 2 N–H and O–H groups in total. The van der Waals surface area contributed by atoms with Gasteiger partial charge in [0.25, 0.3) is 0 Å². The van der Waals surface area contributed by atoms with Gasteiger partial charge in [0.2, 0.25) is 0 Å². The maximum Gasteiger partial charge on any atom is 0.191 e. The molecule has 0 saturated carbocycles. The van der Waals surface area contributed by atoms with Gasteiger partial charge in [0.05, 0.1) is 19.3 Å². The summed E-state index contributed by atoms with van der Waals surface area (Å²) in [6, 6.07) is 6.36. The van der Waals surface area contributed by atoms with E-state index in [1.165, 1.54) is 5.56 Å². The SMILES string of the molecule is CCNC(=NCC1(C)CCCO1)NCCc1ccc(C)c(OC)c1. The number of nitrogens with zero attached hydrogens (tertiary/aromatic N) is 1. The van der Waals surface area contributed by atoms with Crippen LogP contribution >= 0.6 is 0 Å². The van der Waals surface area contributed by atoms with Gasteiger partial charge in [-0.3, -0.25) is 4.99 Å². The zero-order chi connectivity index (χ0) is 17.4. The smallest absolute Gasteiger partial charge is 0.191 e. The minimum atomic E-state index is -0.104. The molecule has 0 amide bonds. The molecular formula is C19H31N3O2. The first-order chi connectivity index (χ1) is 11.6. The first-order valence-corrected chi connectivity index (χ1v) is 8.86. The van der Waals surface area contributed by atoms with Crippen LogP contribution in [0.3, 0.4) is 0 Å². The second-order valence-corrected chi connectivity index (χ2v) is 6.58. The van der Waals surface area contributed by atoms with E-state index < -0.39 is 0 Å². The van der Waals surface area contributed by atoms with Crippen LogP contribution in [0.15, 0.2) is 23.2 Å². The van der Waals surface area contributed by atoms with Crippen molar-refractivity contribution < 1.29 is 9.47 Å². The average Bonchev–Trinajstić information content (AvgIpc) is 3.01. The highest BCUT2D eigenvalue weighted by Gasteiger charge is 2.29. The number of ether oxygens (including phenoxy) is 2. The number of nitrogens with one attached hydrogen (secondary N) is 2. The Labute approximate surface area is 145 Å². The number of hydrogen-bond donors (Lipinski definition) is 2. The molecule has 5 nitrogen and oxygen atoms in total. The van der Waals surface area contributed by atoms with E-state index in [2.05, 4.69) is 49.6 Å². The lowest BCUT2D eigenvalue weighted by Gasteiger charge is -2.21. The second-order valence-electron chi connectivity index (χ2n) is 6.58. The molecule has 1 aliphatic heterocycles. The van der Waals surface area contributed by atoms with Crippen molar-refractivity contribution in [3.63, 3.8) is 0 Å². The van der Waals surface area contributed by atoms with Crippen LogP contribution in [0.1, 0.15) is 37.8 Å². The molecule has 0 radical (unpaired) electrons. The van der Waals surface area contributed by atoms with Crippen molar-refractivity contribution in [1.29, 1.82) is 0 Å². The number of benzene rings is 1. The van der Waals surface area contributed by atoms with Crippen LogP contribution in [0.2, 0.25) is 0 Å². The van der Waals surface area contributed by atoms with Gasteiger partial charge in [0.1, 0.15) is 5.75 Å². The van der Waals surface area contributed by atoms with Gasteiger partial charge in [-0.1, -0.05) is 12.1 Å². The molecule has 0 bridgehead atoms. The predicted octanol–water partition coefficient (Wildman–Crippen LogP) is 2.67. The summed E-state index contributed by atoms with van der Waals surface area (Å²) in [6.07, 6.45) is 3.14. The van der Waals surface area contributed by atoms with Gasteiger partial charge in [-0.05, 0) is 57.2 Å². The normalized spacial score (nSPS) is 20.9. The van der Waals surface area contributed by atoms with Gasteiger partial charge in [-0.25, -0.2) is 0 Å². The predicted molar refractivity (Wildman–Crippen MR) is 99.0 cm³/mol. The molecular weight excluding hydrogens is 302 g/mol. The largest absolute Gasteiger partial charge is 0.496 e. The van der Waals surface area contributed by atoms with Crippen molar-refractivity contribution in [1.82, 2.24) is 10.6 Å². The molecule has 1 aromatic rings. The highest BCUT2D eigenvalue weighted by atomic mass is 16.5. The summed E-state index contributed by atoms with van der Waals surface area (Å²) in [5.74, 6) is 1.80. The maximum absolute atomic E-state index is 5.80. The monoisotopic (exact) mass is 333 g/mol. The third-order valence-electron chi connectivity index (χ3n) is 4.39. The molecule has 134 valence electrons. The fourth-order valence-electron chi connectivity index (χ4n) is 2.89. The van der Waals surface area contributed by atoms with E-state index in [1.807, 2.05) is 0 Å². The van der Waals surface area contributed by atoms with Crippen molar-refractivity contribution in [3.8, 4) is 5.75 Å². The number of hydrogen-bond acceptors (Lipinski definition) is 3. The average molecular weight is 333 g/mol. The molecule has 1 aliphatic rings. The zero-order valence-corrected chi connectivity index (χ0v) is 15.4. The van der Waals surface area contributed by atoms with Crippen molar-refractivity contribution in [3.05, 3.63) is 29.3 Å². The van der Waals surface area contributed by atoms with Gasteiger partial charge in [0, 0.05) is 19.7 Å². The summed E-state index contributed by atoms with van der Waals surface area (Å²) in [5.41, 5.74) is 2.31. The molecule has 0 spiro atoms. The third-order valence-corrected chi connectivity index (χ3v) is 4.39. The highest BCUT2D eigenvalue weighted by molar-refractivity contribution is 5.79. The van der Waals surface area contributed by atoms with E-state index in [0.717, 1.165) is 56.2 Å². The van der Waals surface area contributed by atoms with Crippen molar-refractivity contribution >= 4 is 5.96 Å². The summed E-state index contributed by atoms with van der Waals surface area (Å²) in [4.78, 5) is 4.69. The molecule has 1 aromatic carbocycles. The van der Waals surface area contributed by atoms with Gasteiger partial charge in [0.15, 0.2) is 5.96 Å². The van der Waals surface area contributed by atoms with E-state index in [4.69, 9.17) is 14.5 Å². The molecule has 1 heterocycles. The summed E-state index contributed by atoms with van der Waals surface area (Å²) >= 11 is 0. The van der Waals surface area contributed by atoms with Crippen LogP contribution in [0.4, 0.5) is 0 Å². The Morgan fingerprint density at radius 1 is 1.38 bits per heavy atom. The highest BCUT2D eigenvalue weighted by Crippen LogP contribution is 2.25. The fourth-order valence-corrected chi connectivity index (χ4v) is 2.89. The Bertz CT molecular complexity index is 552. The lowest BCUT2D eigenvalue weighted by Crippen LogP contribution is -2.40. The Balaban J connectivity index is 1.86. The number of guanidine groups is 1. The van der Waals surface area contributed by atoms with E-state index in [-0.39, 0.29) is 5.60 Å². The van der Waals surface area contributed by atoms with Gasteiger partial charge >= 0.3 is 0 Å². The first kappa shape index (κ1) is 18.6. The van der Waals surface area contributed by atoms with Crippen molar-refractivity contribution in [2.75, 3.05) is 33.4 Å². The molecule has 1 atom stereocenters. The maximum atomic E-state index is 5.80. The number of methoxy groups -OCH3 is 1. The third kappa shape index (κ3) is 5.41. The Kier molecular flexibility index (Phi) is 6.91. The van der Waals surface area contributed by atoms with Crippen LogP contribution in [0.5, 0.6) is 5.75 Å². The van der Waals surface area contributed by atoms with E-state index >= 15 is 0 Å². The fraction of sp³-hybridized carbons (Fsp3) is 0.632. The van der Waals surface area contributed by atoms with Crippen LogP contribution in [0.25, 0.3) is 0 Å². The minimum Gasteiger partial charge on any atom is -0.496 e. The van der Waals surface area contributed by atoms with Crippen LogP contribution in [-0.2, 0) is 11.2 Å². The Morgan fingerprint density at radius 2 is 2.21 bits per heavy atom.